The number of benzene rings is 1. The zero-order valence-corrected chi connectivity index (χ0v) is 16.9. The quantitative estimate of drug-likeness (QED) is 0.447. The number of rotatable bonds is 6. The molecular weight excluding hydrogens is 334 g/mol. The Morgan fingerprint density at radius 3 is 2.25 bits per heavy atom. The number of hydrogen-bond acceptors (Lipinski definition) is 3. The van der Waals surface area contributed by atoms with Crippen LogP contribution in [-0.4, -0.2) is 10.9 Å². The molecule has 0 aliphatic heterocycles. The molecule has 0 amide bonds. The summed E-state index contributed by atoms with van der Waals surface area (Å²) in [7, 11) is 2.02. The molecule has 2 rings (SSSR count). The molecular formula is C20H25NOS2. The maximum atomic E-state index is 11.6. The van der Waals surface area contributed by atoms with Gasteiger partial charge in [0.2, 0.25) is 0 Å². The van der Waals surface area contributed by atoms with E-state index in [-0.39, 0.29) is 0 Å². The number of aryl methyl sites for hydroxylation is 1. The Bertz CT molecular complexity index is 770. The van der Waals surface area contributed by atoms with Gasteiger partial charge in [-0.05, 0) is 46.2 Å². The molecule has 1 aromatic carbocycles. The third kappa shape index (κ3) is 3.98. The summed E-state index contributed by atoms with van der Waals surface area (Å²) in [6.45, 7) is 10.5. The standard InChI is InChI=1S/C20H25NOS2/c1-7-14(3)20(23-17-10-8-13(2)9-11-17)24-19-16(5)21(6)15(4)18(19)12-22/h8-12H,7H2,1-6H3. The Labute approximate surface area is 153 Å². The van der Waals surface area contributed by atoms with Crippen molar-refractivity contribution in [1.29, 1.82) is 0 Å². The molecule has 1 heterocycles. The molecule has 24 heavy (non-hydrogen) atoms. The fourth-order valence-corrected chi connectivity index (χ4v) is 4.96. The van der Waals surface area contributed by atoms with Gasteiger partial charge in [0.15, 0.2) is 6.29 Å². The Hall–Kier alpha value is -1.39. The van der Waals surface area contributed by atoms with Crippen molar-refractivity contribution in [3.63, 3.8) is 0 Å². The first-order valence-corrected chi connectivity index (χ1v) is 9.75. The summed E-state index contributed by atoms with van der Waals surface area (Å²) in [5, 5.41) is 0. The van der Waals surface area contributed by atoms with Gasteiger partial charge < -0.3 is 4.57 Å². The van der Waals surface area contributed by atoms with Crippen LogP contribution in [0.1, 0.15) is 47.6 Å². The summed E-state index contributed by atoms with van der Waals surface area (Å²) >= 11 is 3.51. The summed E-state index contributed by atoms with van der Waals surface area (Å²) < 4.78 is 3.36. The van der Waals surface area contributed by atoms with Crippen LogP contribution < -0.4 is 0 Å². The van der Waals surface area contributed by atoms with Crippen LogP contribution in [0.4, 0.5) is 0 Å². The summed E-state index contributed by atoms with van der Waals surface area (Å²) in [6.07, 6.45) is 1.99. The van der Waals surface area contributed by atoms with Crippen molar-refractivity contribution in [1.82, 2.24) is 4.57 Å². The predicted octanol–water partition coefficient (Wildman–Crippen LogP) is 6.29. The van der Waals surface area contributed by atoms with E-state index in [1.807, 2.05) is 14.0 Å². The number of aromatic nitrogens is 1. The number of thioether (sulfide) groups is 2. The van der Waals surface area contributed by atoms with Gasteiger partial charge in [-0.15, -0.1) is 0 Å². The Balaban J connectivity index is 2.40. The van der Waals surface area contributed by atoms with Crippen molar-refractivity contribution < 1.29 is 4.79 Å². The molecule has 0 radical (unpaired) electrons. The highest BCUT2D eigenvalue weighted by molar-refractivity contribution is 8.22. The molecule has 0 saturated carbocycles. The van der Waals surface area contributed by atoms with E-state index in [1.165, 1.54) is 20.3 Å². The van der Waals surface area contributed by atoms with Crippen LogP contribution >= 0.6 is 23.5 Å². The molecule has 0 fully saturated rings. The molecule has 4 heteroatoms. The number of carbonyl (C=O) groups is 1. The first-order valence-electron chi connectivity index (χ1n) is 8.12. The van der Waals surface area contributed by atoms with Crippen molar-refractivity contribution in [2.24, 2.45) is 7.05 Å². The van der Waals surface area contributed by atoms with Crippen molar-refractivity contribution in [3.05, 3.63) is 56.6 Å². The fraction of sp³-hybridized carbons (Fsp3) is 0.350. The summed E-state index contributed by atoms with van der Waals surface area (Å²) in [5.74, 6) is 0. The zero-order chi connectivity index (χ0) is 17.9. The van der Waals surface area contributed by atoms with E-state index < -0.39 is 0 Å². The SMILES string of the molecule is CCC(C)=C(Sc1ccc(C)cc1)Sc1c(C=O)c(C)n(C)c1C. The molecule has 0 unspecified atom stereocenters. The van der Waals surface area contributed by atoms with Gasteiger partial charge in [0.25, 0.3) is 0 Å². The second-order valence-corrected chi connectivity index (χ2v) is 8.39. The van der Waals surface area contributed by atoms with Gasteiger partial charge in [0, 0.05) is 38.0 Å². The second kappa shape index (κ2) is 8.13. The number of nitrogens with zero attached hydrogens (tertiary/aromatic N) is 1. The van der Waals surface area contributed by atoms with Gasteiger partial charge in [-0.1, -0.05) is 53.7 Å². The van der Waals surface area contributed by atoms with Crippen molar-refractivity contribution >= 4 is 29.8 Å². The molecule has 2 aromatic rings. The molecule has 0 saturated heterocycles. The highest BCUT2D eigenvalue weighted by atomic mass is 32.2. The monoisotopic (exact) mass is 359 g/mol. The van der Waals surface area contributed by atoms with Gasteiger partial charge in [0.1, 0.15) is 0 Å². The lowest BCUT2D eigenvalue weighted by molar-refractivity contribution is 0.112. The van der Waals surface area contributed by atoms with Crippen LogP contribution in [0.2, 0.25) is 0 Å². The second-order valence-electron chi connectivity index (χ2n) is 6.03. The van der Waals surface area contributed by atoms with Gasteiger partial charge in [0.05, 0.1) is 0 Å². The third-order valence-electron chi connectivity index (χ3n) is 4.39. The maximum Gasteiger partial charge on any atom is 0.153 e. The minimum Gasteiger partial charge on any atom is -0.350 e. The highest BCUT2D eigenvalue weighted by Gasteiger charge is 2.18. The molecule has 128 valence electrons. The van der Waals surface area contributed by atoms with Gasteiger partial charge >= 0.3 is 0 Å². The fourth-order valence-electron chi connectivity index (χ4n) is 2.36. The van der Waals surface area contributed by atoms with E-state index in [9.17, 15) is 4.79 Å². The van der Waals surface area contributed by atoms with Crippen LogP contribution in [0.25, 0.3) is 0 Å². The Kier molecular flexibility index (Phi) is 6.41. The average Bonchev–Trinajstić information content (AvgIpc) is 2.79. The Morgan fingerprint density at radius 1 is 1.08 bits per heavy atom. The molecule has 0 spiro atoms. The summed E-state index contributed by atoms with van der Waals surface area (Å²) in [4.78, 5) is 13.9. The number of allylic oxidation sites excluding steroid dienone is 1. The number of hydrogen-bond donors (Lipinski definition) is 0. The first kappa shape index (κ1) is 18.9. The minimum atomic E-state index is 0.811. The topological polar surface area (TPSA) is 22.0 Å². The van der Waals surface area contributed by atoms with E-state index in [0.29, 0.717) is 0 Å². The van der Waals surface area contributed by atoms with Crippen molar-refractivity contribution in [2.45, 2.75) is 50.8 Å². The predicted molar refractivity (Wildman–Crippen MR) is 106 cm³/mol. The van der Waals surface area contributed by atoms with E-state index in [0.717, 1.165) is 34.6 Å². The summed E-state index contributed by atoms with van der Waals surface area (Å²) in [5.41, 5.74) is 5.60. The van der Waals surface area contributed by atoms with E-state index in [4.69, 9.17) is 0 Å². The van der Waals surface area contributed by atoms with Crippen molar-refractivity contribution in [3.8, 4) is 0 Å². The van der Waals surface area contributed by atoms with Crippen LogP contribution in [-0.2, 0) is 7.05 Å². The van der Waals surface area contributed by atoms with E-state index >= 15 is 0 Å². The highest BCUT2D eigenvalue weighted by Crippen LogP contribution is 2.44. The van der Waals surface area contributed by atoms with Crippen molar-refractivity contribution in [2.75, 3.05) is 0 Å². The lowest BCUT2D eigenvalue weighted by atomic mass is 10.2. The lowest BCUT2D eigenvalue weighted by Crippen LogP contribution is -1.93. The normalized spacial score (nSPS) is 12.2. The Morgan fingerprint density at radius 2 is 1.71 bits per heavy atom. The molecule has 2 nitrogen and oxygen atoms in total. The molecule has 0 atom stereocenters. The molecule has 1 aromatic heterocycles. The van der Waals surface area contributed by atoms with Gasteiger partial charge in [-0.2, -0.15) is 0 Å². The van der Waals surface area contributed by atoms with Crippen LogP contribution in [0.3, 0.4) is 0 Å². The van der Waals surface area contributed by atoms with E-state index in [2.05, 4.69) is 56.5 Å². The van der Waals surface area contributed by atoms with Crippen LogP contribution in [0.15, 0.2) is 43.9 Å². The van der Waals surface area contributed by atoms with Crippen LogP contribution in [0.5, 0.6) is 0 Å². The molecule has 0 aliphatic carbocycles. The minimum absolute atomic E-state index is 0.811. The van der Waals surface area contributed by atoms with Gasteiger partial charge in [-0.25, -0.2) is 0 Å². The summed E-state index contributed by atoms with van der Waals surface area (Å²) in [6, 6.07) is 8.60. The lowest BCUT2D eigenvalue weighted by Gasteiger charge is -2.12. The molecule has 0 N–H and O–H groups in total. The largest absolute Gasteiger partial charge is 0.350 e. The third-order valence-corrected chi connectivity index (χ3v) is 7.19. The average molecular weight is 360 g/mol. The van der Waals surface area contributed by atoms with Crippen LogP contribution in [0, 0.1) is 20.8 Å². The zero-order valence-electron chi connectivity index (χ0n) is 15.3. The molecule has 0 bridgehead atoms. The maximum absolute atomic E-state index is 11.6. The van der Waals surface area contributed by atoms with E-state index in [1.54, 1.807) is 23.5 Å². The number of aldehydes is 1. The first-order chi connectivity index (χ1) is 11.4. The van der Waals surface area contributed by atoms with Gasteiger partial charge in [-0.3, -0.25) is 4.79 Å². The smallest absolute Gasteiger partial charge is 0.153 e. The molecule has 0 aliphatic rings. The number of carbonyl (C=O) groups excluding carboxylic acids is 1.